The van der Waals surface area contributed by atoms with Crippen LogP contribution < -0.4 is 4.90 Å². The number of rotatable bonds is 2. The van der Waals surface area contributed by atoms with Crippen LogP contribution in [0.2, 0.25) is 0 Å². The summed E-state index contributed by atoms with van der Waals surface area (Å²) >= 11 is 0. The Morgan fingerprint density at radius 3 is 2.21 bits per heavy atom. The van der Waals surface area contributed by atoms with Gasteiger partial charge in [-0.15, -0.1) is 0 Å². The summed E-state index contributed by atoms with van der Waals surface area (Å²) in [6.07, 6.45) is 0.921. The average Bonchev–Trinajstić information content (AvgIpc) is 2.98. The van der Waals surface area contributed by atoms with Crippen molar-refractivity contribution in [3.8, 4) is 11.1 Å². The lowest BCUT2D eigenvalue weighted by molar-refractivity contribution is 0.0981. The van der Waals surface area contributed by atoms with Crippen LogP contribution in [-0.4, -0.2) is 11.9 Å². The van der Waals surface area contributed by atoms with Crippen LogP contribution in [0.4, 0.5) is 5.69 Å². The van der Waals surface area contributed by atoms with Crippen molar-refractivity contribution in [3.63, 3.8) is 0 Å². The van der Waals surface area contributed by atoms with Crippen molar-refractivity contribution in [1.29, 1.82) is 0 Å². The first-order valence-corrected chi connectivity index (χ1v) is 8.31. The molecule has 118 valence electrons. The summed E-state index contributed by atoms with van der Waals surface area (Å²) < 4.78 is 0. The molecule has 0 aliphatic carbocycles. The lowest BCUT2D eigenvalue weighted by atomic mass is 10.0. The Kier molecular flexibility index (Phi) is 3.66. The van der Waals surface area contributed by atoms with Crippen LogP contribution in [0.25, 0.3) is 11.1 Å². The summed E-state index contributed by atoms with van der Waals surface area (Å²) in [5, 5.41) is 0. The van der Waals surface area contributed by atoms with E-state index in [1.165, 1.54) is 5.56 Å². The molecule has 0 aromatic heterocycles. The van der Waals surface area contributed by atoms with Gasteiger partial charge in [-0.05, 0) is 48.2 Å². The molecule has 0 unspecified atom stereocenters. The van der Waals surface area contributed by atoms with Gasteiger partial charge in [-0.3, -0.25) is 4.79 Å². The first-order chi connectivity index (χ1) is 11.7. The van der Waals surface area contributed by atoms with E-state index in [0.29, 0.717) is 0 Å². The van der Waals surface area contributed by atoms with Gasteiger partial charge in [0.15, 0.2) is 0 Å². The molecule has 2 nitrogen and oxygen atoms in total. The third-order valence-corrected chi connectivity index (χ3v) is 4.67. The molecule has 24 heavy (non-hydrogen) atoms. The van der Waals surface area contributed by atoms with E-state index in [9.17, 15) is 4.79 Å². The standard InChI is InChI=1S/C22H19NO/c1-16-15-20-9-5-6-10-21(20)23(16)22(24)19-13-11-18(12-14-19)17-7-3-2-4-8-17/h2-14,16H,15H2,1H3/t16-/m1/s1. The summed E-state index contributed by atoms with van der Waals surface area (Å²) in [4.78, 5) is 14.9. The molecule has 0 bridgehead atoms. The molecule has 0 radical (unpaired) electrons. The van der Waals surface area contributed by atoms with Crippen LogP contribution in [0.3, 0.4) is 0 Å². The van der Waals surface area contributed by atoms with E-state index in [0.717, 1.165) is 28.8 Å². The number of hydrogen-bond acceptors (Lipinski definition) is 1. The minimum atomic E-state index is 0.0760. The number of benzene rings is 3. The van der Waals surface area contributed by atoms with Crippen molar-refractivity contribution in [3.05, 3.63) is 90.0 Å². The monoisotopic (exact) mass is 313 g/mol. The van der Waals surface area contributed by atoms with Crippen LogP contribution in [-0.2, 0) is 6.42 Å². The van der Waals surface area contributed by atoms with Gasteiger partial charge in [0, 0.05) is 17.3 Å². The van der Waals surface area contributed by atoms with Gasteiger partial charge < -0.3 is 4.90 Å². The van der Waals surface area contributed by atoms with Crippen molar-refractivity contribution < 1.29 is 4.79 Å². The van der Waals surface area contributed by atoms with Gasteiger partial charge in [-0.1, -0.05) is 60.7 Å². The number of anilines is 1. The van der Waals surface area contributed by atoms with Crippen molar-refractivity contribution in [1.82, 2.24) is 0 Å². The molecular weight excluding hydrogens is 294 g/mol. The summed E-state index contributed by atoms with van der Waals surface area (Å²) in [6.45, 7) is 2.11. The highest BCUT2D eigenvalue weighted by Crippen LogP contribution is 2.33. The lowest BCUT2D eigenvalue weighted by Crippen LogP contribution is -2.35. The predicted molar refractivity (Wildman–Crippen MR) is 98.3 cm³/mol. The molecule has 1 aliphatic heterocycles. The van der Waals surface area contributed by atoms with Gasteiger partial charge in [-0.25, -0.2) is 0 Å². The molecular formula is C22H19NO. The van der Waals surface area contributed by atoms with Gasteiger partial charge in [0.1, 0.15) is 0 Å². The molecule has 1 atom stereocenters. The van der Waals surface area contributed by atoms with Gasteiger partial charge in [-0.2, -0.15) is 0 Å². The van der Waals surface area contributed by atoms with Crippen LogP contribution >= 0.6 is 0 Å². The van der Waals surface area contributed by atoms with Gasteiger partial charge in [0.05, 0.1) is 0 Å². The average molecular weight is 313 g/mol. The van der Waals surface area contributed by atoms with Crippen LogP contribution in [0.15, 0.2) is 78.9 Å². The largest absolute Gasteiger partial charge is 0.305 e. The molecule has 3 aromatic rings. The number of hydrogen-bond donors (Lipinski definition) is 0. The van der Waals surface area contributed by atoms with E-state index in [4.69, 9.17) is 0 Å². The van der Waals surface area contributed by atoms with Crippen molar-refractivity contribution in [2.24, 2.45) is 0 Å². The highest BCUT2D eigenvalue weighted by molar-refractivity contribution is 6.08. The summed E-state index contributed by atoms with van der Waals surface area (Å²) in [7, 11) is 0. The van der Waals surface area contributed by atoms with Crippen molar-refractivity contribution >= 4 is 11.6 Å². The van der Waals surface area contributed by atoms with E-state index in [1.807, 2.05) is 65.6 Å². The highest BCUT2D eigenvalue weighted by atomic mass is 16.2. The van der Waals surface area contributed by atoms with E-state index in [2.05, 4.69) is 25.1 Å². The fraction of sp³-hybridized carbons (Fsp3) is 0.136. The Morgan fingerprint density at radius 1 is 0.833 bits per heavy atom. The molecule has 4 rings (SSSR count). The molecule has 2 heteroatoms. The molecule has 1 amide bonds. The van der Waals surface area contributed by atoms with Crippen molar-refractivity contribution in [2.75, 3.05) is 4.90 Å². The fourth-order valence-corrected chi connectivity index (χ4v) is 3.45. The topological polar surface area (TPSA) is 20.3 Å². The zero-order chi connectivity index (χ0) is 16.5. The smallest absolute Gasteiger partial charge is 0.258 e. The fourth-order valence-electron chi connectivity index (χ4n) is 3.45. The summed E-state index contributed by atoms with van der Waals surface area (Å²) in [5.41, 5.74) is 5.32. The molecule has 1 heterocycles. The van der Waals surface area contributed by atoms with Gasteiger partial charge >= 0.3 is 0 Å². The number of fused-ring (bicyclic) bond motifs is 1. The van der Waals surface area contributed by atoms with E-state index >= 15 is 0 Å². The van der Waals surface area contributed by atoms with Crippen LogP contribution in [0.1, 0.15) is 22.8 Å². The lowest BCUT2D eigenvalue weighted by Gasteiger charge is -2.23. The van der Waals surface area contributed by atoms with Crippen LogP contribution in [0.5, 0.6) is 0 Å². The second-order valence-electron chi connectivity index (χ2n) is 6.30. The molecule has 0 N–H and O–H groups in total. The van der Waals surface area contributed by atoms with E-state index < -0.39 is 0 Å². The second-order valence-corrected chi connectivity index (χ2v) is 6.30. The zero-order valence-corrected chi connectivity index (χ0v) is 13.6. The Bertz CT molecular complexity index is 868. The van der Waals surface area contributed by atoms with Crippen molar-refractivity contribution in [2.45, 2.75) is 19.4 Å². The Morgan fingerprint density at radius 2 is 1.46 bits per heavy atom. The minimum absolute atomic E-state index is 0.0760. The number of carbonyl (C=O) groups excluding carboxylic acids is 1. The molecule has 0 saturated heterocycles. The highest BCUT2D eigenvalue weighted by Gasteiger charge is 2.31. The molecule has 0 spiro atoms. The summed E-state index contributed by atoms with van der Waals surface area (Å²) in [5.74, 6) is 0.0760. The normalized spacial score (nSPS) is 16.0. The molecule has 0 saturated carbocycles. The third kappa shape index (κ3) is 2.50. The quantitative estimate of drug-likeness (QED) is 0.656. The number of para-hydroxylation sites is 1. The van der Waals surface area contributed by atoms with Gasteiger partial charge in [0.2, 0.25) is 0 Å². The maximum Gasteiger partial charge on any atom is 0.258 e. The molecule has 0 fully saturated rings. The Balaban J connectivity index is 1.64. The first kappa shape index (κ1) is 14.7. The number of nitrogens with zero attached hydrogens (tertiary/aromatic N) is 1. The maximum absolute atomic E-state index is 13.0. The Hall–Kier alpha value is -2.87. The summed E-state index contributed by atoms with van der Waals surface area (Å²) in [6, 6.07) is 26.5. The maximum atomic E-state index is 13.0. The number of amides is 1. The van der Waals surface area contributed by atoms with Crippen LogP contribution in [0, 0.1) is 0 Å². The van der Waals surface area contributed by atoms with E-state index in [1.54, 1.807) is 0 Å². The first-order valence-electron chi connectivity index (χ1n) is 8.31. The molecule has 3 aromatic carbocycles. The molecule has 1 aliphatic rings. The SMILES string of the molecule is C[C@@H]1Cc2ccccc2N1C(=O)c1ccc(-c2ccccc2)cc1. The van der Waals surface area contributed by atoms with E-state index in [-0.39, 0.29) is 11.9 Å². The zero-order valence-electron chi connectivity index (χ0n) is 13.6. The third-order valence-electron chi connectivity index (χ3n) is 4.67. The Labute approximate surface area is 142 Å². The van der Waals surface area contributed by atoms with Gasteiger partial charge in [0.25, 0.3) is 5.91 Å². The predicted octanol–water partition coefficient (Wildman–Crippen LogP) is 4.95. The number of carbonyl (C=O) groups is 1. The second kappa shape index (κ2) is 5.97. The minimum Gasteiger partial charge on any atom is -0.305 e.